The number of hydrogen-bond donors (Lipinski definition) is 1. The summed E-state index contributed by atoms with van der Waals surface area (Å²) < 4.78 is 5.94. The average molecular weight is 654 g/mol. The van der Waals surface area contributed by atoms with Gasteiger partial charge in [0, 0.05) is 45.4 Å². The zero-order valence-electron chi connectivity index (χ0n) is 27.0. The lowest BCUT2D eigenvalue weighted by Crippen LogP contribution is -2.33. The molecule has 9 rings (SSSR count). The minimum Gasteiger partial charge on any atom is -0.344 e. The zero-order valence-corrected chi connectivity index (χ0v) is 27.8. The molecule has 1 unspecified atom stereocenters. The second-order valence-electron chi connectivity index (χ2n) is 12.4. The third kappa shape index (κ3) is 4.98. The minimum absolute atomic E-state index is 0.0372. The summed E-state index contributed by atoms with van der Waals surface area (Å²) >= 11 is 1.83. The number of aryl methyl sites for hydroxylation is 2. The summed E-state index contributed by atoms with van der Waals surface area (Å²) in [4.78, 5) is 22.9. The average Bonchev–Trinajstić information content (AvgIpc) is 3.65. The van der Waals surface area contributed by atoms with Gasteiger partial charge >= 0.3 is 5.69 Å². The number of hydrogen-bond acceptors (Lipinski definition) is 5. The van der Waals surface area contributed by atoms with Gasteiger partial charge in [-0.15, -0.1) is 11.3 Å². The molecule has 6 aromatic carbocycles. The molecule has 1 aliphatic heterocycles. The molecule has 1 aliphatic rings. The van der Waals surface area contributed by atoms with Gasteiger partial charge in [-0.05, 0) is 64.2 Å². The van der Waals surface area contributed by atoms with Crippen molar-refractivity contribution in [2.45, 2.75) is 6.17 Å². The topological polar surface area (TPSA) is 63.7 Å². The van der Waals surface area contributed by atoms with Gasteiger partial charge in [0.05, 0.1) is 11.0 Å². The fourth-order valence-corrected chi connectivity index (χ4v) is 8.04. The molecule has 6 nitrogen and oxygen atoms in total. The second-order valence-corrected chi connectivity index (χ2v) is 13.5. The van der Waals surface area contributed by atoms with E-state index in [9.17, 15) is 4.79 Å². The van der Waals surface area contributed by atoms with Crippen molar-refractivity contribution in [3.05, 3.63) is 167 Å². The van der Waals surface area contributed by atoms with Gasteiger partial charge in [0.1, 0.15) is 12.0 Å². The van der Waals surface area contributed by atoms with E-state index in [0.29, 0.717) is 5.84 Å². The highest BCUT2D eigenvalue weighted by Gasteiger charge is 2.22. The normalized spacial score (nSPS) is 14.6. The van der Waals surface area contributed by atoms with Crippen LogP contribution < -0.4 is 11.0 Å². The third-order valence-corrected chi connectivity index (χ3v) is 10.6. The number of rotatable bonds is 5. The number of amidine groups is 2. The maximum absolute atomic E-state index is 12.6. The molecule has 1 atom stereocenters. The lowest BCUT2D eigenvalue weighted by Gasteiger charge is -2.24. The predicted molar refractivity (Wildman–Crippen MR) is 204 cm³/mol. The Morgan fingerprint density at radius 1 is 0.612 bits per heavy atom. The van der Waals surface area contributed by atoms with Gasteiger partial charge in [-0.3, -0.25) is 9.13 Å². The number of aromatic nitrogens is 2. The van der Waals surface area contributed by atoms with Crippen molar-refractivity contribution in [1.82, 2.24) is 14.5 Å². The monoisotopic (exact) mass is 653 g/mol. The zero-order chi connectivity index (χ0) is 33.1. The third-order valence-electron chi connectivity index (χ3n) is 9.43. The highest BCUT2D eigenvalue weighted by molar-refractivity contribution is 7.25. The standard InChI is InChI=1S/C42H31N5OS/c1-46-34-22-21-28(25-35(34)47(2)42(46)48)27-13-8-15-30(23-27)40-43-39(26-11-4-3-5-12-26)44-41(45-40)31-16-9-14-29(24-31)32-18-10-20-37-38(32)33-17-6-7-19-36(33)49-37/h3-25,39H,1-2H3,(H,43,44,45). The Morgan fingerprint density at radius 3 is 2.16 bits per heavy atom. The summed E-state index contributed by atoms with van der Waals surface area (Å²) in [6.45, 7) is 0. The van der Waals surface area contributed by atoms with Gasteiger partial charge in [-0.25, -0.2) is 14.8 Å². The Morgan fingerprint density at radius 2 is 1.29 bits per heavy atom. The summed E-state index contributed by atoms with van der Waals surface area (Å²) in [7, 11) is 3.62. The van der Waals surface area contributed by atoms with Crippen molar-refractivity contribution < 1.29 is 0 Å². The first-order valence-electron chi connectivity index (χ1n) is 16.3. The first kappa shape index (κ1) is 29.1. The van der Waals surface area contributed by atoms with Crippen LogP contribution in [0.1, 0.15) is 22.9 Å². The highest BCUT2D eigenvalue weighted by Crippen LogP contribution is 2.40. The SMILES string of the molecule is Cn1c(=O)n(C)c2cc(-c3cccc(C4=NC(c5cccc(-c6cccc7sc8ccccc8c67)c5)=NC(c5ccccc5)N4)c3)ccc21. The molecule has 236 valence electrons. The van der Waals surface area contributed by atoms with Crippen LogP contribution in [-0.4, -0.2) is 20.8 Å². The molecule has 1 N–H and O–H groups in total. The molecule has 0 saturated carbocycles. The van der Waals surface area contributed by atoms with Gasteiger partial charge in [0.15, 0.2) is 5.84 Å². The summed E-state index contributed by atoms with van der Waals surface area (Å²) in [5.41, 5.74) is 9.15. The van der Waals surface area contributed by atoms with E-state index in [-0.39, 0.29) is 11.9 Å². The first-order valence-corrected chi connectivity index (χ1v) is 17.1. The van der Waals surface area contributed by atoms with Gasteiger partial charge in [0.2, 0.25) is 0 Å². The Bertz CT molecular complexity index is 2700. The van der Waals surface area contributed by atoms with Crippen LogP contribution in [0.5, 0.6) is 0 Å². The number of thiophene rings is 1. The summed E-state index contributed by atoms with van der Waals surface area (Å²) in [6.07, 6.45) is -0.310. The van der Waals surface area contributed by atoms with Crippen LogP contribution in [0.4, 0.5) is 0 Å². The lowest BCUT2D eigenvalue weighted by molar-refractivity contribution is 0.674. The van der Waals surface area contributed by atoms with Gasteiger partial charge < -0.3 is 5.32 Å². The maximum Gasteiger partial charge on any atom is 0.328 e. The molecule has 3 heterocycles. The van der Waals surface area contributed by atoms with E-state index in [4.69, 9.17) is 9.98 Å². The Labute approximate surface area is 287 Å². The number of nitrogens with one attached hydrogen (secondary N) is 1. The van der Waals surface area contributed by atoms with Crippen LogP contribution in [0.25, 0.3) is 53.5 Å². The molecule has 0 saturated heterocycles. The van der Waals surface area contributed by atoms with Crippen molar-refractivity contribution in [2.75, 3.05) is 0 Å². The number of aliphatic imine (C=N–C) groups is 2. The van der Waals surface area contributed by atoms with E-state index in [1.807, 2.05) is 42.6 Å². The molecule has 0 aliphatic carbocycles. The number of imidazole rings is 1. The smallest absolute Gasteiger partial charge is 0.328 e. The quantitative estimate of drug-likeness (QED) is 0.201. The van der Waals surface area contributed by atoms with Gasteiger partial charge in [0.25, 0.3) is 0 Å². The van der Waals surface area contributed by atoms with Crippen molar-refractivity contribution in [2.24, 2.45) is 24.1 Å². The summed E-state index contributed by atoms with van der Waals surface area (Å²) in [6, 6.07) is 48.6. The number of nitrogens with zero attached hydrogens (tertiary/aromatic N) is 4. The molecule has 7 heteroatoms. The summed E-state index contributed by atoms with van der Waals surface area (Å²) in [5.74, 6) is 1.43. The fraction of sp³-hybridized carbons (Fsp3) is 0.0714. The van der Waals surface area contributed by atoms with E-state index in [0.717, 1.165) is 50.2 Å². The molecule has 2 aromatic heterocycles. The van der Waals surface area contributed by atoms with E-state index in [1.165, 1.54) is 25.7 Å². The van der Waals surface area contributed by atoms with Crippen LogP contribution >= 0.6 is 11.3 Å². The Balaban J connectivity index is 1.15. The van der Waals surface area contributed by atoms with Crippen LogP contribution in [0, 0.1) is 0 Å². The largest absolute Gasteiger partial charge is 0.344 e. The first-order chi connectivity index (χ1) is 24.0. The van der Waals surface area contributed by atoms with Crippen LogP contribution in [0.15, 0.2) is 154 Å². The molecular weight excluding hydrogens is 623 g/mol. The van der Waals surface area contributed by atoms with E-state index in [2.05, 4.69) is 121 Å². The molecule has 0 spiro atoms. The van der Waals surface area contributed by atoms with E-state index >= 15 is 0 Å². The summed E-state index contributed by atoms with van der Waals surface area (Å²) in [5, 5.41) is 6.18. The van der Waals surface area contributed by atoms with E-state index < -0.39 is 0 Å². The van der Waals surface area contributed by atoms with Crippen molar-refractivity contribution in [1.29, 1.82) is 0 Å². The molecule has 8 aromatic rings. The number of benzene rings is 6. The molecule has 0 radical (unpaired) electrons. The highest BCUT2D eigenvalue weighted by atomic mass is 32.1. The van der Waals surface area contributed by atoms with Gasteiger partial charge in [-0.2, -0.15) is 0 Å². The molecule has 49 heavy (non-hydrogen) atoms. The molecular formula is C42H31N5OS. The fourth-order valence-electron chi connectivity index (χ4n) is 6.90. The minimum atomic E-state index is -0.310. The van der Waals surface area contributed by atoms with Crippen molar-refractivity contribution >= 4 is 54.2 Å². The predicted octanol–water partition coefficient (Wildman–Crippen LogP) is 9.07. The van der Waals surface area contributed by atoms with Crippen LogP contribution in [0.2, 0.25) is 0 Å². The van der Waals surface area contributed by atoms with Crippen molar-refractivity contribution in [3.63, 3.8) is 0 Å². The van der Waals surface area contributed by atoms with Crippen LogP contribution in [0.3, 0.4) is 0 Å². The molecule has 0 amide bonds. The second kappa shape index (κ2) is 11.6. The molecule has 0 bridgehead atoms. The Hall–Kier alpha value is -6.05. The van der Waals surface area contributed by atoms with Gasteiger partial charge in [-0.1, -0.05) is 103 Å². The number of fused-ring (bicyclic) bond motifs is 4. The van der Waals surface area contributed by atoms with Crippen LogP contribution in [-0.2, 0) is 14.1 Å². The van der Waals surface area contributed by atoms with E-state index in [1.54, 1.807) is 16.2 Å². The Kier molecular flexibility index (Phi) is 6.88. The molecule has 0 fully saturated rings. The lowest BCUT2D eigenvalue weighted by atomic mass is 9.97. The van der Waals surface area contributed by atoms with Crippen molar-refractivity contribution in [3.8, 4) is 22.3 Å². The maximum atomic E-state index is 12.6.